The Bertz CT molecular complexity index is 485. The summed E-state index contributed by atoms with van der Waals surface area (Å²) < 4.78 is 18.0. The highest BCUT2D eigenvalue weighted by Gasteiger charge is 2.09. The van der Waals surface area contributed by atoms with E-state index in [1.54, 1.807) is 6.07 Å². The van der Waals surface area contributed by atoms with Crippen LogP contribution in [0.15, 0.2) is 33.8 Å². The van der Waals surface area contributed by atoms with Gasteiger partial charge in [0.1, 0.15) is 12.1 Å². The number of benzene rings is 1. The van der Waals surface area contributed by atoms with Crippen LogP contribution in [-0.2, 0) is 6.42 Å². The van der Waals surface area contributed by atoms with Crippen LogP contribution in [0.4, 0.5) is 4.39 Å². The molecule has 1 aromatic carbocycles. The Balaban J connectivity index is 2.25. The third-order valence-corrected chi connectivity index (χ3v) is 3.94. The maximum absolute atomic E-state index is 13.2. The molecule has 17 heavy (non-hydrogen) atoms. The number of nitrogens with zero attached hydrogens (tertiary/aromatic N) is 2. The van der Waals surface area contributed by atoms with Crippen molar-refractivity contribution in [3.8, 4) is 0 Å². The van der Waals surface area contributed by atoms with Gasteiger partial charge in [-0.2, -0.15) is 4.37 Å². The predicted octanol–water partition coefficient (Wildman–Crippen LogP) is 2.72. The number of hydrogen-bond donors (Lipinski definition) is 1. The van der Waals surface area contributed by atoms with E-state index >= 15 is 0 Å². The maximum atomic E-state index is 13.2. The summed E-state index contributed by atoms with van der Waals surface area (Å²) in [5, 5.41) is 0. The monoisotopic (exact) mass is 269 g/mol. The first-order valence-corrected chi connectivity index (χ1v) is 6.72. The molecule has 1 aromatic heterocycles. The predicted molar refractivity (Wildman–Crippen MR) is 67.8 cm³/mol. The minimum atomic E-state index is -0.234. The van der Waals surface area contributed by atoms with E-state index in [4.69, 9.17) is 5.73 Å². The molecule has 1 atom stereocenters. The van der Waals surface area contributed by atoms with Gasteiger partial charge in [0.05, 0.1) is 0 Å². The minimum absolute atomic E-state index is 0.00516. The van der Waals surface area contributed by atoms with E-state index in [9.17, 15) is 4.39 Å². The quantitative estimate of drug-likeness (QED) is 0.927. The van der Waals surface area contributed by atoms with Crippen LogP contribution in [0.25, 0.3) is 0 Å². The van der Waals surface area contributed by atoms with Crippen LogP contribution in [0.1, 0.15) is 12.5 Å². The zero-order valence-corrected chi connectivity index (χ0v) is 10.9. The molecule has 0 fully saturated rings. The Hall–Kier alpha value is -0.980. The van der Waals surface area contributed by atoms with Crippen molar-refractivity contribution >= 4 is 23.3 Å². The Kier molecular flexibility index (Phi) is 4.09. The molecule has 0 aliphatic rings. The van der Waals surface area contributed by atoms with Crippen molar-refractivity contribution in [2.45, 2.75) is 28.6 Å². The van der Waals surface area contributed by atoms with Gasteiger partial charge in [0.2, 0.25) is 0 Å². The van der Waals surface area contributed by atoms with Gasteiger partial charge < -0.3 is 5.73 Å². The molecule has 0 saturated heterocycles. The van der Waals surface area contributed by atoms with Crippen molar-refractivity contribution < 1.29 is 4.39 Å². The lowest BCUT2D eigenvalue weighted by molar-refractivity contribution is 0.620. The lowest BCUT2D eigenvalue weighted by Gasteiger charge is -2.10. The fourth-order valence-corrected chi connectivity index (χ4v) is 2.98. The summed E-state index contributed by atoms with van der Waals surface area (Å²) in [5.74, 6) is -0.234. The fourth-order valence-electron chi connectivity index (χ4n) is 1.46. The van der Waals surface area contributed by atoms with Crippen molar-refractivity contribution in [3.63, 3.8) is 0 Å². The van der Waals surface area contributed by atoms with E-state index in [0.717, 1.165) is 14.8 Å². The molecule has 0 spiro atoms. The van der Waals surface area contributed by atoms with Crippen LogP contribution in [-0.4, -0.2) is 15.4 Å². The molecular weight excluding hydrogens is 257 g/mol. The number of aromatic nitrogens is 2. The van der Waals surface area contributed by atoms with Gasteiger partial charge in [-0.05, 0) is 48.6 Å². The van der Waals surface area contributed by atoms with Gasteiger partial charge in [0.25, 0.3) is 0 Å². The second kappa shape index (κ2) is 5.57. The van der Waals surface area contributed by atoms with Crippen LogP contribution in [0.5, 0.6) is 0 Å². The molecule has 0 saturated carbocycles. The zero-order chi connectivity index (χ0) is 12.3. The Morgan fingerprint density at radius 3 is 3.00 bits per heavy atom. The molecule has 6 heteroatoms. The normalized spacial score (nSPS) is 12.6. The van der Waals surface area contributed by atoms with Gasteiger partial charge in [-0.3, -0.25) is 0 Å². The Labute approximate surface area is 107 Å². The smallest absolute Gasteiger partial charge is 0.174 e. The summed E-state index contributed by atoms with van der Waals surface area (Å²) >= 11 is 2.82. The molecule has 1 heterocycles. The first-order valence-electron chi connectivity index (χ1n) is 5.13. The molecule has 0 amide bonds. The van der Waals surface area contributed by atoms with E-state index in [0.29, 0.717) is 6.42 Å². The molecule has 0 radical (unpaired) electrons. The summed E-state index contributed by atoms with van der Waals surface area (Å²) in [6.45, 7) is 1.91. The summed E-state index contributed by atoms with van der Waals surface area (Å²) in [5.41, 5.74) is 6.68. The van der Waals surface area contributed by atoms with Gasteiger partial charge in [0.15, 0.2) is 4.34 Å². The number of nitrogens with two attached hydrogens (primary N) is 1. The average molecular weight is 269 g/mol. The molecule has 0 bridgehead atoms. The SMILES string of the molecule is CC(N)Cc1cc(F)ccc1Sc1ncns1. The van der Waals surface area contributed by atoms with Gasteiger partial charge >= 0.3 is 0 Å². The second-order valence-corrected chi connectivity index (χ2v) is 5.81. The molecule has 0 aliphatic heterocycles. The van der Waals surface area contributed by atoms with Crippen molar-refractivity contribution in [1.29, 1.82) is 0 Å². The summed E-state index contributed by atoms with van der Waals surface area (Å²) in [6.07, 6.45) is 2.17. The van der Waals surface area contributed by atoms with Gasteiger partial charge in [-0.25, -0.2) is 9.37 Å². The maximum Gasteiger partial charge on any atom is 0.174 e. The summed E-state index contributed by atoms with van der Waals surface area (Å²) in [4.78, 5) is 5.09. The Morgan fingerprint density at radius 1 is 1.53 bits per heavy atom. The van der Waals surface area contributed by atoms with E-state index in [1.807, 2.05) is 6.92 Å². The van der Waals surface area contributed by atoms with Crippen molar-refractivity contribution in [3.05, 3.63) is 35.9 Å². The standard InChI is InChI=1S/C11H12FN3S2/c1-7(13)4-8-5-9(12)2-3-10(8)16-11-14-6-15-17-11/h2-3,5-7H,4,13H2,1H3. The molecule has 2 N–H and O–H groups in total. The molecule has 3 nitrogen and oxygen atoms in total. The lowest BCUT2D eigenvalue weighted by atomic mass is 10.1. The van der Waals surface area contributed by atoms with Gasteiger partial charge in [-0.1, -0.05) is 11.8 Å². The van der Waals surface area contributed by atoms with Crippen LogP contribution in [0.3, 0.4) is 0 Å². The topological polar surface area (TPSA) is 51.8 Å². The molecular formula is C11H12FN3S2. The third-order valence-electron chi connectivity index (χ3n) is 2.10. The zero-order valence-electron chi connectivity index (χ0n) is 9.26. The number of rotatable bonds is 4. The number of hydrogen-bond acceptors (Lipinski definition) is 5. The van der Waals surface area contributed by atoms with E-state index in [-0.39, 0.29) is 11.9 Å². The van der Waals surface area contributed by atoms with Crippen molar-refractivity contribution in [1.82, 2.24) is 9.36 Å². The Morgan fingerprint density at radius 2 is 2.35 bits per heavy atom. The highest BCUT2D eigenvalue weighted by molar-refractivity contribution is 8.01. The minimum Gasteiger partial charge on any atom is -0.328 e. The lowest BCUT2D eigenvalue weighted by Crippen LogP contribution is -2.18. The molecule has 0 aliphatic carbocycles. The van der Waals surface area contributed by atoms with Crippen molar-refractivity contribution in [2.24, 2.45) is 5.73 Å². The first-order chi connectivity index (χ1) is 8.15. The molecule has 2 aromatic rings. The summed E-state index contributed by atoms with van der Waals surface area (Å²) in [7, 11) is 0. The molecule has 90 valence electrons. The molecule has 1 unspecified atom stereocenters. The van der Waals surface area contributed by atoms with Crippen LogP contribution in [0.2, 0.25) is 0 Å². The largest absolute Gasteiger partial charge is 0.328 e. The second-order valence-electron chi connectivity index (χ2n) is 3.74. The van der Waals surface area contributed by atoms with E-state index in [1.165, 1.54) is 41.8 Å². The highest BCUT2D eigenvalue weighted by Crippen LogP contribution is 2.31. The van der Waals surface area contributed by atoms with E-state index < -0.39 is 0 Å². The highest BCUT2D eigenvalue weighted by atomic mass is 32.2. The number of halogens is 1. The van der Waals surface area contributed by atoms with Crippen molar-refractivity contribution in [2.75, 3.05) is 0 Å². The molecule has 2 rings (SSSR count). The van der Waals surface area contributed by atoms with Crippen LogP contribution in [0, 0.1) is 5.82 Å². The third kappa shape index (κ3) is 3.49. The van der Waals surface area contributed by atoms with E-state index in [2.05, 4.69) is 9.36 Å². The average Bonchev–Trinajstić information content (AvgIpc) is 2.74. The fraction of sp³-hybridized carbons (Fsp3) is 0.273. The first kappa shape index (κ1) is 12.5. The van der Waals surface area contributed by atoms with Crippen LogP contribution < -0.4 is 5.73 Å². The van der Waals surface area contributed by atoms with Gasteiger partial charge in [-0.15, -0.1) is 0 Å². The summed E-state index contributed by atoms with van der Waals surface area (Å²) in [6, 6.07) is 4.76. The van der Waals surface area contributed by atoms with Crippen LogP contribution >= 0.6 is 23.3 Å². The van der Waals surface area contributed by atoms with Gasteiger partial charge in [0, 0.05) is 10.9 Å².